The first kappa shape index (κ1) is 14.3. The summed E-state index contributed by atoms with van der Waals surface area (Å²) in [6, 6.07) is 2.06. The van der Waals surface area contributed by atoms with Crippen molar-refractivity contribution in [2.24, 2.45) is 0 Å². The van der Waals surface area contributed by atoms with E-state index in [1.54, 1.807) is 12.4 Å². The quantitative estimate of drug-likeness (QED) is 0.918. The number of nitrogens with zero attached hydrogens (tertiary/aromatic N) is 5. The van der Waals surface area contributed by atoms with Gasteiger partial charge in [0.05, 0.1) is 24.8 Å². The van der Waals surface area contributed by atoms with Crippen LogP contribution in [0.5, 0.6) is 0 Å². The number of aryl methyl sites for hydroxylation is 1. The summed E-state index contributed by atoms with van der Waals surface area (Å²) in [5.74, 6) is 1.45. The summed E-state index contributed by atoms with van der Waals surface area (Å²) in [5.41, 5.74) is 0.965. The van der Waals surface area contributed by atoms with Gasteiger partial charge in [0.1, 0.15) is 0 Å². The highest BCUT2D eigenvalue weighted by Gasteiger charge is 2.46. The van der Waals surface area contributed by atoms with Crippen LogP contribution < -0.4 is 10.2 Å². The normalized spacial score (nSPS) is 26.8. The molecule has 2 aromatic rings. The number of hydrogen-bond acceptors (Lipinski definition) is 7. The average molecular weight is 312 g/mol. The second-order valence-electron chi connectivity index (χ2n) is 6.34. The van der Waals surface area contributed by atoms with Gasteiger partial charge in [-0.1, -0.05) is 0 Å². The Kier molecular flexibility index (Phi) is 3.57. The molecule has 1 N–H and O–H groups in total. The first-order valence-electron chi connectivity index (χ1n) is 7.94. The SMILES string of the molecule is Cc1cnc(N2CC[C@@]3(C[C@@H](Nc4ncccn4)CO3)C2)nc1. The van der Waals surface area contributed by atoms with Gasteiger partial charge in [-0.3, -0.25) is 0 Å². The van der Waals surface area contributed by atoms with Crippen molar-refractivity contribution in [3.63, 3.8) is 0 Å². The highest BCUT2D eigenvalue weighted by Crippen LogP contribution is 2.36. The fraction of sp³-hybridized carbons (Fsp3) is 0.500. The lowest BCUT2D eigenvalue weighted by molar-refractivity contribution is 0.0228. The van der Waals surface area contributed by atoms with Gasteiger partial charge in [-0.2, -0.15) is 0 Å². The number of hydrogen-bond donors (Lipinski definition) is 1. The Labute approximate surface area is 135 Å². The van der Waals surface area contributed by atoms with Crippen molar-refractivity contribution in [1.82, 2.24) is 19.9 Å². The average Bonchev–Trinajstić information content (AvgIpc) is 3.16. The number of anilines is 2. The zero-order valence-electron chi connectivity index (χ0n) is 13.1. The largest absolute Gasteiger partial charge is 0.371 e. The lowest BCUT2D eigenvalue weighted by Crippen LogP contribution is -2.34. The van der Waals surface area contributed by atoms with Gasteiger partial charge in [0.25, 0.3) is 0 Å². The van der Waals surface area contributed by atoms with E-state index in [2.05, 4.69) is 30.2 Å². The summed E-state index contributed by atoms with van der Waals surface area (Å²) in [7, 11) is 0. The van der Waals surface area contributed by atoms with E-state index < -0.39 is 0 Å². The number of nitrogens with one attached hydrogen (secondary N) is 1. The van der Waals surface area contributed by atoms with Crippen molar-refractivity contribution in [3.05, 3.63) is 36.4 Å². The van der Waals surface area contributed by atoms with Gasteiger partial charge in [-0.05, 0) is 25.0 Å². The predicted octanol–water partition coefficient (Wildman–Crippen LogP) is 1.42. The van der Waals surface area contributed by atoms with E-state index in [1.807, 2.05) is 25.4 Å². The Morgan fingerprint density at radius 3 is 2.78 bits per heavy atom. The molecule has 4 heterocycles. The molecule has 0 radical (unpaired) electrons. The third-order valence-electron chi connectivity index (χ3n) is 4.47. The summed E-state index contributed by atoms with van der Waals surface area (Å²) in [5, 5.41) is 3.36. The van der Waals surface area contributed by atoms with Crippen LogP contribution in [0.15, 0.2) is 30.9 Å². The third-order valence-corrected chi connectivity index (χ3v) is 4.47. The number of rotatable bonds is 3. The molecule has 2 aromatic heterocycles. The highest BCUT2D eigenvalue weighted by atomic mass is 16.5. The Morgan fingerprint density at radius 2 is 2.00 bits per heavy atom. The first-order chi connectivity index (χ1) is 11.2. The van der Waals surface area contributed by atoms with Gasteiger partial charge in [-0.15, -0.1) is 0 Å². The van der Waals surface area contributed by atoms with Crippen molar-refractivity contribution in [3.8, 4) is 0 Å². The lowest BCUT2D eigenvalue weighted by atomic mass is 9.97. The van der Waals surface area contributed by atoms with Crippen molar-refractivity contribution in [1.29, 1.82) is 0 Å². The molecule has 120 valence electrons. The molecule has 7 nitrogen and oxygen atoms in total. The van der Waals surface area contributed by atoms with Crippen LogP contribution in [-0.4, -0.2) is 51.3 Å². The minimum absolute atomic E-state index is 0.110. The molecule has 0 saturated carbocycles. The molecule has 2 aliphatic heterocycles. The Morgan fingerprint density at radius 1 is 1.22 bits per heavy atom. The maximum absolute atomic E-state index is 6.15. The maximum Gasteiger partial charge on any atom is 0.225 e. The summed E-state index contributed by atoms with van der Waals surface area (Å²) < 4.78 is 6.15. The van der Waals surface area contributed by atoms with Gasteiger partial charge in [0.15, 0.2) is 0 Å². The number of aromatic nitrogens is 4. The van der Waals surface area contributed by atoms with Crippen LogP contribution in [0, 0.1) is 6.92 Å². The molecule has 0 aromatic carbocycles. The molecule has 0 amide bonds. The second kappa shape index (κ2) is 5.73. The summed E-state index contributed by atoms with van der Waals surface area (Å²) >= 11 is 0. The highest BCUT2D eigenvalue weighted by molar-refractivity contribution is 5.34. The summed E-state index contributed by atoms with van der Waals surface area (Å²) in [6.45, 7) is 4.44. The van der Waals surface area contributed by atoms with Gasteiger partial charge in [0.2, 0.25) is 11.9 Å². The van der Waals surface area contributed by atoms with E-state index in [0.717, 1.165) is 37.4 Å². The smallest absolute Gasteiger partial charge is 0.225 e. The van der Waals surface area contributed by atoms with Gasteiger partial charge < -0.3 is 15.0 Å². The summed E-state index contributed by atoms with van der Waals surface area (Å²) in [4.78, 5) is 19.5. The minimum atomic E-state index is -0.110. The maximum atomic E-state index is 6.15. The molecule has 2 atom stereocenters. The zero-order chi connectivity index (χ0) is 15.7. The molecule has 2 fully saturated rings. The Hall–Kier alpha value is -2.28. The van der Waals surface area contributed by atoms with E-state index in [0.29, 0.717) is 12.6 Å². The fourth-order valence-corrected chi connectivity index (χ4v) is 3.34. The van der Waals surface area contributed by atoms with Crippen LogP contribution in [0.2, 0.25) is 0 Å². The molecule has 4 rings (SSSR count). The first-order valence-corrected chi connectivity index (χ1v) is 7.94. The van der Waals surface area contributed by atoms with Crippen LogP contribution in [0.3, 0.4) is 0 Å². The van der Waals surface area contributed by atoms with E-state index in [4.69, 9.17) is 4.74 Å². The zero-order valence-corrected chi connectivity index (χ0v) is 13.1. The van der Waals surface area contributed by atoms with Crippen LogP contribution in [0.25, 0.3) is 0 Å². The van der Waals surface area contributed by atoms with E-state index >= 15 is 0 Å². The number of ether oxygens (including phenoxy) is 1. The Balaban J connectivity index is 1.40. The molecular formula is C16H20N6O. The second-order valence-corrected chi connectivity index (χ2v) is 6.34. The van der Waals surface area contributed by atoms with Gasteiger partial charge in [-0.25, -0.2) is 19.9 Å². The van der Waals surface area contributed by atoms with Crippen molar-refractivity contribution in [2.75, 3.05) is 29.9 Å². The van der Waals surface area contributed by atoms with Crippen LogP contribution in [0.1, 0.15) is 18.4 Å². The van der Waals surface area contributed by atoms with Gasteiger partial charge in [0, 0.05) is 37.8 Å². The predicted molar refractivity (Wildman–Crippen MR) is 86.3 cm³/mol. The minimum Gasteiger partial charge on any atom is -0.371 e. The van der Waals surface area contributed by atoms with Gasteiger partial charge >= 0.3 is 0 Å². The van der Waals surface area contributed by atoms with Crippen molar-refractivity contribution >= 4 is 11.9 Å². The fourth-order valence-electron chi connectivity index (χ4n) is 3.34. The van der Waals surface area contributed by atoms with E-state index in [-0.39, 0.29) is 11.6 Å². The van der Waals surface area contributed by atoms with Crippen LogP contribution in [0.4, 0.5) is 11.9 Å². The van der Waals surface area contributed by atoms with Crippen molar-refractivity contribution in [2.45, 2.75) is 31.4 Å². The summed E-state index contributed by atoms with van der Waals surface area (Å²) in [6.07, 6.45) is 9.16. The van der Waals surface area contributed by atoms with Crippen molar-refractivity contribution < 1.29 is 4.74 Å². The van der Waals surface area contributed by atoms with E-state index in [9.17, 15) is 0 Å². The van der Waals surface area contributed by atoms with Crippen LogP contribution in [-0.2, 0) is 4.74 Å². The molecule has 7 heteroatoms. The molecule has 1 spiro atoms. The molecule has 0 bridgehead atoms. The monoisotopic (exact) mass is 312 g/mol. The third kappa shape index (κ3) is 2.96. The topological polar surface area (TPSA) is 76.1 Å². The van der Waals surface area contributed by atoms with E-state index in [1.165, 1.54) is 0 Å². The standard InChI is InChI=1S/C16H20N6O/c1-12-8-19-15(20-9-12)22-6-3-16(11-22)7-13(10-23-16)21-14-17-4-2-5-18-14/h2,4-5,8-9,13H,3,6-7,10-11H2,1H3,(H,17,18,21)/t13-,16-/m1/s1. The van der Waals surface area contributed by atoms with Crippen LogP contribution >= 0.6 is 0 Å². The molecule has 0 unspecified atom stereocenters. The molecule has 2 aliphatic rings. The Bertz CT molecular complexity index is 664. The molecule has 2 saturated heterocycles. The molecule has 0 aliphatic carbocycles. The molecular weight excluding hydrogens is 292 g/mol. The lowest BCUT2D eigenvalue weighted by Gasteiger charge is -2.23. The molecule has 23 heavy (non-hydrogen) atoms.